The average Bonchev–Trinajstić information content (AvgIpc) is 3.28. The molecule has 5 aromatic carbocycles. The van der Waals surface area contributed by atoms with E-state index >= 15 is 0 Å². The summed E-state index contributed by atoms with van der Waals surface area (Å²) in [7, 11) is 0. The Kier molecular flexibility index (Phi) is 14.4. The average molecular weight is 837 g/mol. The number of piperidine rings is 1. The van der Waals surface area contributed by atoms with Crippen LogP contribution in [0.4, 0.5) is 16.2 Å². The van der Waals surface area contributed by atoms with Crippen molar-refractivity contribution in [3.05, 3.63) is 160 Å². The summed E-state index contributed by atoms with van der Waals surface area (Å²) in [6.07, 6.45) is 0.766. The number of aliphatic hydroxyl groups excluding tert-OH is 1. The first-order chi connectivity index (χ1) is 30.1. The fourth-order valence-corrected chi connectivity index (χ4v) is 7.75. The number of carbonyl (C=O) groups is 3. The number of benzene rings is 5. The van der Waals surface area contributed by atoms with E-state index in [1.54, 1.807) is 30.3 Å². The van der Waals surface area contributed by atoms with Crippen LogP contribution in [0.25, 0.3) is 22.0 Å². The largest absolute Gasteiger partial charge is 0.506 e. The Morgan fingerprint density at radius 3 is 2.42 bits per heavy atom. The van der Waals surface area contributed by atoms with Crippen LogP contribution in [0.2, 0.25) is 0 Å². The van der Waals surface area contributed by atoms with E-state index in [1.165, 1.54) is 12.1 Å². The van der Waals surface area contributed by atoms with Gasteiger partial charge in [-0.15, -0.1) is 0 Å². The van der Waals surface area contributed by atoms with E-state index in [4.69, 9.17) is 4.74 Å². The van der Waals surface area contributed by atoms with E-state index in [2.05, 4.69) is 31.2 Å². The summed E-state index contributed by atoms with van der Waals surface area (Å²) in [5.41, 5.74) is 6.07. The number of aromatic amines is 1. The Morgan fingerprint density at radius 1 is 0.839 bits per heavy atom. The van der Waals surface area contributed by atoms with Crippen molar-refractivity contribution >= 4 is 40.2 Å². The summed E-state index contributed by atoms with van der Waals surface area (Å²) in [6, 6.07) is 38.3. The van der Waals surface area contributed by atoms with E-state index in [1.807, 2.05) is 91.9 Å². The first kappa shape index (κ1) is 43.3. The molecule has 2 heterocycles. The van der Waals surface area contributed by atoms with Crippen molar-refractivity contribution in [2.75, 3.05) is 36.8 Å². The smallest absolute Gasteiger partial charge is 0.411 e. The summed E-state index contributed by atoms with van der Waals surface area (Å²) in [5, 5.41) is 33.9. The van der Waals surface area contributed by atoms with E-state index < -0.39 is 12.2 Å². The monoisotopic (exact) mass is 836 g/mol. The number of amides is 3. The maximum absolute atomic E-state index is 13.3. The number of hydrogen-bond acceptors (Lipinski definition) is 9. The summed E-state index contributed by atoms with van der Waals surface area (Å²) in [6.45, 7) is 4.57. The van der Waals surface area contributed by atoms with Crippen molar-refractivity contribution in [1.29, 1.82) is 0 Å². The molecule has 1 aliphatic heterocycles. The number of pyridine rings is 1. The van der Waals surface area contributed by atoms with E-state index in [-0.39, 0.29) is 53.9 Å². The molecule has 7 rings (SSSR count). The number of rotatable bonds is 16. The summed E-state index contributed by atoms with van der Waals surface area (Å²) >= 11 is 0. The number of nitrogens with zero attached hydrogens (tertiary/aromatic N) is 1. The number of ether oxygens (including phenoxy) is 1. The number of fused-ring (bicyclic) bond motifs is 1. The molecule has 0 spiro atoms. The fraction of sp³-hybridized carbons (Fsp3) is 0.265. The van der Waals surface area contributed by atoms with Crippen molar-refractivity contribution in [2.24, 2.45) is 0 Å². The van der Waals surface area contributed by atoms with Gasteiger partial charge in [0.1, 0.15) is 11.9 Å². The van der Waals surface area contributed by atoms with Gasteiger partial charge >= 0.3 is 6.09 Å². The van der Waals surface area contributed by atoms with Crippen LogP contribution < -0.4 is 26.8 Å². The Balaban J connectivity index is 0.810. The van der Waals surface area contributed by atoms with Gasteiger partial charge in [0.25, 0.3) is 5.91 Å². The van der Waals surface area contributed by atoms with Gasteiger partial charge in [0.15, 0.2) is 0 Å². The highest BCUT2D eigenvalue weighted by atomic mass is 16.6. The number of hydrogen-bond donors (Lipinski definition) is 7. The van der Waals surface area contributed by atoms with Crippen LogP contribution >= 0.6 is 0 Å². The molecule has 0 aliphatic carbocycles. The molecule has 1 fully saturated rings. The highest BCUT2D eigenvalue weighted by Gasteiger charge is 2.23. The highest BCUT2D eigenvalue weighted by Crippen LogP contribution is 2.30. The number of aliphatic hydroxyl groups is 1. The quantitative estimate of drug-likeness (QED) is 0.0533. The molecule has 1 saturated heterocycles. The van der Waals surface area contributed by atoms with Crippen LogP contribution in [0.1, 0.15) is 59.3 Å². The van der Waals surface area contributed by atoms with Crippen LogP contribution in [-0.4, -0.2) is 76.3 Å². The van der Waals surface area contributed by atoms with Gasteiger partial charge in [-0.1, -0.05) is 78.9 Å². The van der Waals surface area contributed by atoms with Gasteiger partial charge in [0.2, 0.25) is 11.5 Å². The number of phenolic OH excluding ortho intramolecular Hbond substituents is 1. The lowest BCUT2D eigenvalue weighted by atomic mass is 10.0. The van der Waals surface area contributed by atoms with Gasteiger partial charge in [0.05, 0.1) is 17.3 Å². The number of carbonyl (C=O) groups excluding carboxylic acids is 3. The molecule has 3 amide bonds. The lowest BCUT2D eigenvalue weighted by molar-refractivity contribution is -0.121. The van der Waals surface area contributed by atoms with Gasteiger partial charge in [-0.3, -0.25) is 19.7 Å². The first-order valence-electron chi connectivity index (χ1n) is 20.9. The number of H-pyrrole nitrogens is 1. The van der Waals surface area contributed by atoms with E-state index in [0.717, 1.165) is 35.3 Å². The topological polar surface area (TPSA) is 185 Å². The third-order valence-electron chi connectivity index (χ3n) is 11.0. The second-order valence-electron chi connectivity index (χ2n) is 15.7. The van der Waals surface area contributed by atoms with Crippen LogP contribution in [-0.2, 0) is 22.5 Å². The third kappa shape index (κ3) is 11.7. The number of para-hydroxylation sites is 1. The Hall–Kier alpha value is -6.80. The third-order valence-corrected chi connectivity index (χ3v) is 11.0. The molecule has 0 radical (unpaired) electrons. The van der Waals surface area contributed by atoms with Gasteiger partial charge in [0, 0.05) is 73.5 Å². The minimum Gasteiger partial charge on any atom is -0.506 e. The lowest BCUT2D eigenvalue weighted by Crippen LogP contribution is -2.40. The number of nitrogens with one attached hydrogen (secondary N) is 5. The molecular weight excluding hydrogens is 785 g/mol. The highest BCUT2D eigenvalue weighted by molar-refractivity contribution is 6.04. The zero-order valence-electron chi connectivity index (χ0n) is 34.6. The molecule has 13 nitrogen and oxygen atoms in total. The molecule has 7 N–H and O–H groups in total. The second-order valence-corrected chi connectivity index (χ2v) is 15.7. The standard InChI is InChI=1S/C49H52N6O7/c1-32(50-31-44(57)40-17-19-43(56)47-41(40)18-20-46(59)54-47)27-33-9-8-14-37(29-33)52-48(60)36-13-7-10-34(28-36)30-51-45(58)23-26-55-24-21-38(22-25-55)62-49(61)53-42-16-6-5-15-39(42)35-11-3-2-4-12-35/h2-20,28-29,32,38,44,50,56-57H,21-27,30-31H2,1H3,(H,51,58)(H,52,60)(H,53,61)(H,54,59)/t32-,44+/m1/s1. The maximum Gasteiger partial charge on any atom is 0.411 e. The fourth-order valence-electron chi connectivity index (χ4n) is 7.75. The number of aromatic hydroxyl groups is 1. The first-order valence-corrected chi connectivity index (χ1v) is 20.9. The van der Waals surface area contributed by atoms with Gasteiger partial charge < -0.3 is 40.8 Å². The van der Waals surface area contributed by atoms with Crippen molar-refractivity contribution in [1.82, 2.24) is 20.5 Å². The Labute approximate surface area is 360 Å². The zero-order chi connectivity index (χ0) is 43.4. The molecule has 2 atom stereocenters. The van der Waals surface area contributed by atoms with Crippen LogP contribution in [0, 0.1) is 0 Å². The number of aromatic nitrogens is 1. The molecule has 62 heavy (non-hydrogen) atoms. The van der Waals surface area contributed by atoms with Crippen LogP contribution in [0.5, 0.6) is 5.75 Å². The van der Waals surface area contributed by atoms with Gasteiger partial charge in [-0.25, -0.2) is 4.79 Å². The van der Waals surface area contributed by atoms with E-state index in [0.29, 0.717) is 60.1 Å². The number of phenols is 1. The molecule has 13 heteroatoms. The van der Waals surface area contributed by atoms with Crippen molar-refractivity contribution in [3.63, 3.8) is 0 Å². The minimum absolute atomic E-state index is 0.0207. The SMILES string of the molecule is C[C@H](Cc1cccc(NC(=O)c2cccc(CNC(=O)CCN3CCC(OC(=O)Nc4ccccc4-c4ccccc4)CC3)c2)c1)NC[C@H](O)c1ccc(O)c2[nH]c(=O)ccc12. The summed E-state index contributed by atoms with van der Waals surface area (Å²) < 4.78 is 5.76. The number of likely N-dealkylation sites (tertiary alicyclic amines) is 1. The zero-order valence-corrected chi connectivity index (χ0v) is 34.6. The predicted molar refractivity (Wildman–Crippen MR) is 241 cm³/mol. The molecule has 1 aromatic heterocycles. The molecule has 6 aromatic rings. The second kappa shape index (κ2) is 20.6. The number of anilines is 2. The summed E-state index contributed by atoms with van der Waals surface area (Å²) in [5.74, 6) is -0.418. The van der Waals surface area contributed by atoms with Crippen LogP contribution in [0.15, 0.2) is 132 Å². The van der Waals surface area contributed by atoms with E-state index in [9.17, 15) is 29.4 Å². The summed E-state index contributed by atoms with van der Waals surface area (Å²) in [4.78, 5) is 55.5. The Morgan fingerprint density at radius 2 is 1.60 bits per heavy atom. The molecule has 1 aliphatic rings. The van der Waals surface area contributed by atoms with Crippen molar-refractivity contribution in [3.8, 4) is 16.9 Å². The predicted octanol–water partition coefficient (Wildman–Crippen LogP) is 7.13. The molecule has 0 saturated carbocycles. The molecular formula is C49H52N6O7. The lowest BCUT2D eigenvalue weighted by Gasteiger charge is -2.31. The molecule has 0 bridgehead atoms. The minimum atomic E-state index is -0.880. The van der Waals surface area contributed by atoms with Gasteiger partial charge in [-0.2, -0.15) is 0 Å². The molecule has 320 valence electrons. The maximum atomic E-state index is 13.3. The normalized spacial score (nSPS) is 14.2. The van der Waals surface area contributed by atoms with Crippen molar-refractivity contribution < 1.29 is 29.3 Å². The molecule has 0 unspecified atom stereocenters. The van der Waals surface area contributed by atoms with Crippen molar-refractivity contribution in [2.45, 2.75) is 57.4 Å². The Bertz CT molecular complexity index is 2550. The van der Waals surface area contributed by atoms with Crippen LogP contribution in [0.3, 0.4) is 0 Å². The van der Waals surface area contributed by atoms with Gasteiger partial charge in [-0.05, 0) is 90.9 Å².